The number of allylic oxidation sites excluding steroid dienone is 2. The molecule has 0 aromatic carbocycles. The monoisotopic (exact) mass is 170 g/mol. The highest BCUT2D eigenvalue weighted by Gasteiger charge is 2.00. The number of rotatable bonds is 1. The minimum atomic E-state index is 0.0318. The number of hydrogen-bond acceptors (Lipinski definition) is 2. The maximum absolute atomic E-state index is 8.92. The van der Waals surface area contributed by atoms with Crippen LogP contribution in [0, 0.1) is 0 Å². The molecule has 0 unspecified atom stereocenters. The Kier molecular flexibility index (Phi) is 6.48. The lowest BCUT2D eigenvalue weighted by Crippen LogP contribution is -1.94. The summed E-state index contributed by atoms with van der Waals surface area (Å²) in [5, 5.41) is 17.5. The fraction of sp³-hybridized carbons (Fsp3) is 0.600. The molecule has 12 heavy (non-hydrogen) atoms. The highest BCUT2D eigenvalue weighted by Crippen LogP contribution is 2.13. The van der Waals surface area contributed by atoms with E-state index in [1.165, 1.54) is 6.42 Å². The minimum absolute atomic E-state index is 0.0318. The molecule has 0 aromatic rings. The summed E-state index contributed by atoms with van der Waals surface area (Å²) in [6, 6.07) is 0. The summed E-state index contributed by atoms with van der Waals surface area (Å²) in [6.45, 7) is 4.28. The van der Waals surface area contributed by atoms with E-state index in [2.05, 4.69) is 13.8 Å². The molecule has 0 bridgehead atoms. The quantitative estimate of drug-likeness (QED) is 0.635. The molecule has 1 aliphatic rings. The predicted octanol–water partition coefficient (Wildman–Crippen LogP) is 2.56. The molecule has 0 spiro atoms. The van der Waals surface area contributed by atoms with E-state index in [0.717, 1.165) is 12.0 Å². The lowest BCUT2D eigenvalue weighted by molar-refractivity contribution is 0.328. The van der Waals surface area contributed by atoms with Gasteiger partial charge in [-0.15, -0.1) is 0 Å². The number of hydrogen-bond donors (Lipinski definition) is 2. The third-order valence-corrected chi connectivity index (χ3v) is 1.34. The van der Waals surface area contributed by atoms with Crippen LogP contribution in [0.25, 0.3) is 0 Å². The molecule has 0 atom stereocenters. The van der Waals surface area contributed by atoms with Gasteiger partial charge < -0.3 is 10.2 Å². The van der Waals surface area contributed by atoms with Gasteiger partial charge in [0.05, 0.1) is 12.4 Å². The van der Waals surface area contributed by atoms with Gasteiger partial charge in [-0.25, -0.2) is 0 Å². The molecule has 1 rings (SSSR count). The zero-order chi connectivity index (χ0) is 9.40. The summed E-state index contributed by atoms with van der Waals surface area (Å²) >= 11 is 0. The van der Waals surface area contributed by atoms with Gasteiger partial charge in [-0.3, -0.25) is 0 Å². The fourth-order valence-corrected chi connectivity index (χ4v) is 0.861. The molecule has 0 radical (unpaired) electrons. The smallest absolute Gasteiger partial charge is 0.0929 e. The SMILES string of the molecule is CCC.OCC1=CCCC(O)=C1. The van der Waals surface area contributed by atoms with Crippen molar-refractivity contribution in [2.75, 3.05) is 6.61 Å². The van der Waals surface area contributed by atoms with Gasteiger partial charge >= 0.3 is 0 Å². The van der Waals surface area contributed by atoms with Gasteiger partial charge in [-0.1, -0.05) is 26.3 Å². The Bertz CT molecular complexity index is 169. The molecule has 70 valence electrons. The van der Waals surface area contributed by atoms with E-state index in [1.807, 2.05) is 6.08 Å². The van der Waals surface area contributed by atoms with Crippen LogP contribution >= 0.6 is 0 Å². The average molecular weight is 170 g/mol. The molecule has 0 aromatic heterocycles. The Morgan fingerprint density at radius 2 is 2.00 bits per heavy atom. The molecule has 0 fully saturated rings. The lowest BCUT2D eigenvalue weighted by Gasteiger charge is -2.05. The molecular formula is C10H18O2. The van der Waals surface area contributed by atoms with Gasteiger partial charge in [0.25, 0.3) is 0 Å². The molecule has 2 N–H and O–H groups in total. The van der Waals surface area contributed by atoms with E-state index < -0.39 is 0 Å². The van der Waals surface area contributed by atoms with Gasteiger partial charge in [0, 0.05) is 6.42 Å². The molecule has 0 saturated heterocycles. The van der Waals surface area contributed by atoms with Crippen molar-refractivity contribution in [3.63, 3.8) is 0 Å². The Balaban J connectivity index is 0.000000354. The number of aliphatic hydroxyl groups is 2. The molecule has 2 nitrogen and oxygen atoms in total. The lowest BCUT2D eigenvalue weighted by atomic mass is 10.1. The van der Waals surface area contributed by atoms with Crippen LogP contribution in [0.15, 0.2) is 23.5 Å². The zero-order valence-corrected chi connectivity index (χ0v) is 7.88. The van der Waals surface area contributed by atoms with Crippen molar-refractivity contribution in [3.8, 4) is 0 Å². The van der Waals surface area contributed by atoms with E-state index in [-0.39, 0.29) is 6.61 Å². The maximum Gasteiger partial charge on any atom is 0.0929 e. The van der Waals surface area contributed by atoms with Gasteiger partial charge in [-0.2, -0.15) is 0 Å². The Hall–Kier alpha value is -0.760. The van der Waals surface area contributed by atoms with Crippen LogP contribution in [-0.4, -0.2) is 16.8 Å². The summed E-state index contributed by atoms with van der Waals surface area (Å²) < 4.78 is 0. The van der Waals surface area contributed by atoms with Gasteiger partial charge in [0.15, 0.2) is 0 Å². The Morgan fingerprint density at radius 3 is 2.33 bits per heavy atom. The van der Waals surface area contributed by atoms with E-state index >= 15 is 0 Å². The first-order valence-electron chi connectivity index (χ1n) is 4.44. The van der Waals surface area contributed by atoms with Gasteiger partial charge in [-0.05, 0) is 18.1 Å². The molecule has 2 heteroatoms. The van der Waals surface area contributed by atoms with Crippen LogP contribution < -0.4 is 0 Å². The van der Waals surface area contributed by atoms with Crippen LogP contribution in [0.5, 0.6) is 0 Å². The van der Waals surface area contributed by atoms with Crippen molar-refractivity contribution in [3.05, 3.63) is 23.5 Å². The van der Waals surface area contributed by atoms with Crippen LogP contribution in [0.2, 0.25) is 0 Å². The zero-order valence-electron chi connectivity index (χ0n) is 7.88. The largest absolute Gasteiger partial charge is 0.512 e. The molecule has 0 amide bonds. The normalized spacial score (nSPS) is 15.6. The minimum Gasteiger partial charge on any atom is -0.512 e. The molecule has 0 aliphatic heterocycles. The Morgan fingerprint density at radius 1 is 1.42 bits per heavy atom. The van der Waals surface area contributed by atoms with Crippen molar-refractivity contribution < 1.29 is 10.2 Å². The van der Waals surface area contributed by atoms with E-state index in [4.69, 9.17) is 10.2 Å². The summed E-state index contributed by atoms with van der Waals surface area (Å²) in [4.78, 5) is 0. The molecule has 0 saturated carbocycles. The van der Waals surface area contributed by atoms with E-state index in [1.54, 1.807) is 6.08 Å². The van der Waals surface area contributed by atoms with Crippen molar-refractivity contribution >= 4 is 0 Å². The van der Waals surface area contributed by atoms with Crippen LogP contribution in [0.4, 0.5) is 0 Å². The first-order valence-corrected chi connectivity index (χ1v) is 4.44. The summed E-state index contributed by atoms with van der Waals surface area (Å²) in [5.41, 5.74) is 0.818. The van der Waals surface area contributed by atoms with Crippen LogP contribution in [-0.2, 0) is 0 Å². The summed E-state index contributed by atoms with van der Waals surface area (Å²) in [6.07, 6.45) is 6.35. The summed E-state index contributed by atoms with van der Waals surface area (Å²) in [7, 11) is 0. The third kappa shape index (κ3) is 4.97. The summed E-state index contributed by atoms with van der Waals surface area (Å²) in [5.74, 6) is 0.376. The maximum atomic E-state index is 8.92. The third-order valence-electron chi connectivity index (χ3n) is 1.34. The van der Waals surface area contributed by atoms with Crippen molar-refractivity contribution in [1.82, 2.24) is 0 Å². The van der Waals surface area contributed by atoms with Crippen molar-refractivity contribution in [2.24, 2.45) is 0 Å². The van der Waals surface area contributed by atoms with Crippen LogP contribution in [0.3, 0.4) is 0 Å². The molecule has 0 heterocycles. The second-order valence-electron chi connectivity index (χ2n) is 2.82. The van der Waals surface area contributed by atoms with E-state index in [9.17, 15) is 0 Å². The second-order valence-corrected chi connectivity index (χ2v) is 2.82. The fourth-order valence-electron chi connectivity index (χ4n) is 0.861. The van der Waals surface area contributed by atoms with Crippen LogP contribution in [0.1, 0.15) is 33.1 Å². The molecular weight excluding hydrogens is 152 g/mol. The van der Waals surface area contributed by atoms with Crippen molar-refractivity contribution in [1.29, 1.82) is 0 Å². The number of aliphatic hydroxyl groups excluding tert-OH is 2. The Labute approximate surface area is 74.2 Å². The standard InChI is InChI=1S/C7H10O2.C3H8/c8-5-6-2-1-3-7(9)4-6;1-3-2/h2,4,8-9H,1,3,5H2;3H2,1-2H3. The topological polar surface area (TPSA) is 40.5 Å². The highest BCUT2D eigenvalue weighted by atomic mass is 16.3. The van der Waals surface area contributed by atoms with Crippen molar-refractivity contribution in [2.45, 2.75) is 33.1 Å². The van der Waals surface area contributed by atoms with Gasteiger partial charge in [0.2, 0.25) is 0 Å². The first kappa shape index (κ1) is 11.2. The highest BCUT2D eigenvalue weighted by molar-refractivity contribution is 5.24. The van der Waals surface area contributed by atoms with E-state index in [0.29, 0.717) is 12.2 Å². The van der Waals surface area contributed by atoms with Gasteiger partial charge in [0.1, 0.15) is 0 Å². The predicted molar refractivity (Wildman–Crippen MR) is 51.1 cm³/mol. The molecule has 1 aliphatic carbocycles. The second kappa shape index (κ2) is 6.92. The first-order chi connectivity index (χ1) is 5.74. The average Bonchev–Trinajstić information content (AvgIpc) is 2.06.